The second-order valence-electron chi connectivity index (χ2n) is 4.75. The third-order valence-electron chi connectivity index (χ3n) is 2.73. The summed E-state index contributed by atoms with van der Waals surface area (Å²) >= 11 is 1.41. The molecule has 6 nitrogen and oxygen atoms in total. The van der Waals surface area contributed by atoms with Crippen molar-refractivity contribution in [3.63, 3.8) is 0 Å². The van der Waals surface area contributed by atoms with Gasteiger partial charge in [0.15, 0.2) is 15.8 Å². The molecule has 106 valence electrons. The molecule has 0 bridgehead atoms. The fourth-order valence-electron chi connectivity index (χ4n) is 1.93. The SMILES string of the molecule is CNc1nc2sccn2c1S(=O)(=O)N(C)CC(C)C. The zero-order valence-electron chi connectivity index (χ0n) is 11.4. The van der Waals surface area contributed by atoms with Crippen LogP contribution in [-0.4, -0.2) is 42.7 Å². The molecule has 19 heavy (non-hydrogen) atoms. The number of thiazole rings is 1. The number of hydrogen-bond donors (Lipinski definition) is 1. The van der Waals surface area contributed by atoms with Gasteiger partial charge in [-0.25, -0.2) is 13.4 Å². The minimum absolute atomic E-state index is 0.203. The maximum absolute atomic E-state index is 12.7. The van der Waals surface area contributed by atoms with Crippen molar-refractivity contribution >= 4 is 32.1 Å². The van der Waals surface area contributed by atoms with Gasteiger partial charge in [0.1, 0.15) is 0 Å². The van der Waals surface area contributed by atoms with Gasteiger partial charge in [0.25, 0.3) is 10.0 Å². The average Bonchev–Trinajstić information content (AvgIpc) is 2.85. The molecule has 0 unspecified atom stereocenters. The highest BCUT2D eigenvalue weighted by Gasteiger charge is 2.29. The van der Waals surface area contributed by atoms with E-state index in [1.165, 1.54) is 15.6 Å². The van der Waals surface area contributed by atoms with Gasteiger partial charge < -0.3 is 5.32 Å². The first-order chi connectivity index (χ1) is 8.87. The normalized spacial score (nSPS) is 12.7. The van der Waals surface area contributed by atoms with Gasteiger partial charge in [-0.15, -0.1) is 11.3 Å². The van der Waals surface area contributed by atoms with E-state index < -0.39 is 10.0 Å². The Labute approximate surface area is 117 Å². The van der Waals surface area contributed by atoms with Gasteiger partial charge in [-0.3, -0.25) is 4.40 Å². The topological polar surface area (TPSA) is 66.7 Å². The largest absolute Gasteiger partial charge is 0.371 e. The summed E-state index contributed by atoms with van der Waals surface area (Å²) in [5, 5.41) is 4.88. The number of imidazole rings is 1. The van der Waals surface area contributed by atoms with Gasteiger partial charge in [-0.2, -0.15) is 4.31 Å². The van der Waals surface area contributed by atoms with Crippen molar-refractivity contribution in [1.82, 2.24) is 13.7 Å². The van der Waals surface area contributed by atoms with Gasteiger partial charge in [0, 0.05) is 32.2 Å². The smallest absolute Gasteiger partial charge is 0.262 e. The molecule has 0 saturated heterocycles. The Bertz CT molecular complexity index is 672. The Morgan fingerprint density at radius 3 is 2.79 bits per heavy atom. The Balaban J connectivity index is 2.55. The molecule has 0 aliphatic heterocycles. The molecule has 1 N–H and O–H groups in total. The lowest BCUT2D eigenvalue weighted by Crippen LogP contribution is -2.31. The second-order valence-corrected chi connectivity index (χ2v) is 7.58. The molecule has 0 aliphatic carbocycles. The van der Waals surface area contributed by atoms with Crippen LogP contribution in [0.1, 0.15) is 13.8 Å². The monoisotopic (exact) mass is 302 g/mol. The van der Waals surface area contributed by atoms with Crippen LogP contribution in [0.25, 0.3) is 4.96 Å². The Morgan fingerprint density at radius 2 is 2.21 bits per heavy atom. The Morgan fingerprint density at radius 1 is 1.53 bits per heavy atom. The van der Waals surface area contributed by atoms with E-state index >= 15 is 0 Å². The third kappa shape index (κ3) is 2.47. The van der Waals surface area contributed by atoms with Gasteiger partial charge in [0.05, 0.1) is 0 Å². The maximum atomic E-state index is 12.7. The molecule has 0 atom stereocenters. The van der Waals surface area contributed by atoms with E-state index in [1.807, 2.05) is 19.2 Å². The molecule has 0 radical (unpaired) electrons. The van der Waals surface area contributed by atoms with E-state index in [9.17, 15) is 8.42 Å². The van der Waals surface area contributed by atoms with Gasteiger partial charge >= 0.3 is 0 Å². The number of sulfonamides is 1. The van der Waals surface area contributed by atoms with Crippen LogP contribution in [0, 0.1) is 5.92 Å². The zero-order valence-corrected chi connectivity index (χ0v) is 13.0. The second kappa shape index (κ2) is 5.10. The van der Waals surface area contributed by atoms with Crippen LogP contribution in [0.3, 0.4) is 0 Å². The van der Waals surface area contributed by atoms with E-state index in [1.54, 1.807) is 24.7 Å². The lowest BCUT2D eigenvalue weighted by atomic mass is 10.2. The van der Waals surface area contributed by atoms with Gasteiger partial charge in [0.2, 0.25) is 0 Å². The molecule has 2 aromatic rings. The van der Waals surface area contributed by atoms with Crippen LogP contribution in [0.4, 0.5) is 5.82 Å². The molecule has 0 amide bonds. The van der Waals surface area contributed by atoms with Crippen LogP contribution in [-0.2, 0) is 10.0 Å². The molecule has 0 spiro atoms. The number of nitrogens with one attached hydrogen (secondary N) is 1. The highest BCUT2D eigenvalue weighted by molar-refractivity contribution is 7.89. The molecule has 0 aromatic carbocycles. The minimum atomic E-state index is -3.55. The molecular weight excluding hydrogens is 284 g/mol. The minimum Gasteiger partial charge on any atom is -0.371 e. The van der Waals surface area contributed by atoms with E-state index in [2.05, 4.69) is 10.3 Å². The summed E-state index contributed by atoms with van der Waals surface area (Å²) in [7, 11) is -0.280. The maximum Gasteiger partial charge on any atom is 0.262 e. The van der Waals surface area contributed by atoms with E-state index in [4.69, 9.17) is 0 Å². The summed E-state index contributed by atoms with van der Waals surface area (Å²) in [6.07, 6.45) is 1.73. The first-order valence-electron chi connectivity index (χ1n) is 5.97. The quantitative estimate of drug-likeness (QED) is 0.913. The summed E-state index contributed by atoms with van der Waals surface area (Å²) in [5.41, 5.74) is 0. The number of fused-ring (bicyclic) bond motifs is 1. The van der Waals surface area contributed by atoms with Gasteiger partial charge in [-0.05, 0) is 5.92 Å². The third-order valence-corrected chi connectivity index (χ3v) is 5.34. The number of aromatic nitrogens is 2. The van der Waals surface area contributed by atoms with Crippen molar-refractivity contribution in [2.24, 2.45) is 5.92 Å². The van der Waals surface area contributed by atoms with Crippen molar-refractivity contribution in [3.05, 3.63) is 11.6 Å². The summed E-state index contributed by atoms with van der Waals surface area (Å²) in [4.78, 5) is 4.95. The summed E-state index contributed by atoms with van der Waals surface area (Å²) < 4.78 is 28.3. The first-order valence-corrected chi connectivity index (χ1v) is 8.29. The molecule has 0 aliphatic rings. The van der Waals surface area contributed by atoms with E-state index in [0.717, 1.165) is 0 Å². The molecule has 2 heterocycles. The zero-order chi connectivity index (χ0) is 14.2. The predicted molar refractivity (Wildman–Crippen MR) is 77.3 cm³/mol. The lowest BCUT2D eigenvalue weighted by Gasteiger charge is -2.19. The standard InChI is InChI=1S/C11H18N4O2S2/c1-8(2)7-14(4)19(16,17)10-9(12-3)13-11-15(10)5-6-18-11/h5-6,8,12H,7H2,1-4H3. The van der Waals surface area contributed by atoms with Crippen molar-refractivity contribution in [2.45, 2.75) is 18.9 Å². The number of nitrogens with zero attached hydrogens (tertiary/aromatic N) is 3. The highest BCUT2D eigenvalue weighted by atomic mass is 32.2. The first kappa shape index (κ1) is 14.3. The predicted octanol–water partition coefficient (Wildman–Crippen LogP) is 1.71. The summed E-state index contributed by atoms with van der Waals surface area (Å²) in [5.74, 6) is 0.658. The number of anilines is 1. The molecule has 0 saturated carbocycles. The van der Waals surface area contributed by atoms with Gasteiger partial charge in [-0.1, -0.05) is 13.8 Å². The lowest BCUT2D eigenvalue weighted by molar-refractivity contribution is 0.415. The van der Waals surface area contributed by atoms with Crippen molar-refractivity contribution in [2.75, 3.05) is 26.0 Å². The van der Waals surface area contributed by atoms with Crippen molar-refractivity contribution < 1.29 is 8.42 Å². The molecule has 2 rings (SSSR count). The van der Waals surface area contributed by atoms with Crippen molar-refractivity contribution in [3.8, 4) is 0 Å². The Hall–Kier alpha value is -1.12. The molecule has 2 aromatic heterocycles. The Kier molecular flexibility index (Phi) is 3.84. The summed E-state index contributed by atoms with van der Waals surface area (Å²) in [6.45, 7) is 4.45. The summed E-state index contributed by atoms with van der Waals surface area (Å²) in [6, 6.07) is 0. The fraction of sp³-hybridized carbons (Fsp3) is 0.545. The van der Waals surface area contributed by atoms with E-state index in [-0.39, 0.29) is 10.9 Å². The average molecular weight is 302 g/mol. The van der Waals surface area contributed by atoms with Crippen LogP contribution in [0.2, 0.25) is 0 Å². The van der Waals surface area contributed by atoms with Crippen LogP contribution in [0.5, 0.6) is 0 Å². The van der Waals surface area contributed by atoms with E-state index in [0.29, 0.717) is 17.3 Å². The van der Waals surface area contributed by atoms with Crippen LogP contribution < -0.4 is 5.32 Å². The van der Waals surface area contributed by atoms with Crippen molar-refractivity contribution in [1.29, 1.82) is 0 Å². The molecular formula is C11H18N4O2S2. The van der Waals surface area contributed by atoms with Crippen LogP contribution in [0.15, 0.2) is 16.6 Å². The molecule has 8 heteroatoms. The number of rotatable bonds is 5. The number of hydrogen-bond acceptors (Lipinski definition) is 5. The highest BCUT2D eigenvalue weighted by Crippen LogP contribution is 2.27. The van der Waals surface area contributed by atoms with Crippen LogP contribution >= 0.6 is 11.3 Å². The molecule has 0 fully saturated rings. The fourth-order valence-corrected chi connectivity index (χ4v) is 4.28.